The molecule has 0 aliphatic heterocycles. The lowest BCUT2D eigenvalue weighted by atomic mass is 9.99. The van der Waals surface area contributed by atoms with Crippen LogP contribution in [0.2, 0.25) is 0 Å². The van der Waals surface area contributed by atoms with Crippen molar-refractivity contribution in [3.63, 3.8) is 0 Å². The molecule has 4 heteroatoms. The van der Waals surface area contributed by atoms with Gasteiger partial charge in [0.25, 0.3) is 0 Å². The second-order valence-electron chi connectivity index (χ2n) is 15.4. The molecule has 3 aromatic heterocycles. The maximum atomic E-state index is 5.44. The van der Waals surface area contributed by atoms with Crippen LogP contribution in [0.15, 0.2) is 218 Å². The van der Waals surface area contributed by atoms with E-state index in [4.69, 9.17) is 9.97 Å². The van der Waals surface area contributed by atoms with Crippen molar-refractivity contribution in [1.82, 2.24) is 19.1 Å². The third-order valence-electron chi connectivity index (χ3n) is 12.0. The molecular formula is C56H36N4. The molecule has 3 heterocycles. The number of fused-ring (bicyclic) bond motifs is 7. The molecule has 0 radical (unpaired) electrons. The molecule has 60 heavy (non-hydrogen) atoms. The predicted octanol–water partition coefficient (Wildman–Crippen LogP) is 14.5. The second kappa shape index (κ2) is 13.8. The van der Waals surface area contributed by atoms with Crippen molar-refractivity contribution in [2.24, 2.45) is 0 Å². The maximum Gasteiger partial charge on any atom is 0.235 e. The van der Waals surface area contributed by atoms with Crippen molar-refractivity contribution < 1.29 is 0 Å². The molecule has 0 spiro atoms. The Bertz CT molecular complexity index is 3570. The van der Waals surface area contributed by atoms with E-state index in [1.807, 2.05) is 0 Å². The highest BCUT2D eigenvalue weighted by atomic mass is 15.2. The SMILES string of the molecule is c1ccc(-c2ccc(-c3nc(-n4c5ccc(-c6ccc7c(c6)c6ccccc6n7-c6ccccc6)cc5c5ccc(-c6ccccc6)cc54)nc4ccccc34)cc2)cc1. The third kappa shape index (κ3) is 5.53. The van der Waals surface area contributed by atoms with Gasteiger partial charge in [0.2, 0.25) is 5.95 Å². The fourth-order valence-corrected chi connectivity index (χ4v) is 9.07. The van der Waals surface area contributed by atoms with Crippen molar-refractivity contribution in [3.8, 4) is 56.3 Å². The molecule has 0 bridgehead atoms. The number of para-hydroxylation sites is 3. The zero-order chi connectivity index (χ0) is 39.6. The zero-order valence-corrected chi connectivity index (χ0v) is 32.6. The summed E-state index contributed by atoms with van der Waals surface area (Å²) in [5, 5.41) is 5.79. The van der Waals surface area contributed by atoms with Gasteiger partial charge in [-0.3, -0.25) is 4.57 Å². The summed E-state index contributed by atoms with van der Waals surface area (Å²) >= 11 is 0. The summed E-state index contributed by atoms with van der Waals surface area (Å²) in [4.78, 5) is 10.7. The Kier molecular flexibility index (Phi) is 7.82. The third-order valence-corrected chi connectivity index (χ3v) is 12.0. The van der Waals surface area contributed by atoms with Crippen LogP contribution in [0.5, 0.6) is 0 Å². The highest BCUT2D eigenvalue weighted by molar-refractivity contribution is 6.13. The van der Waals surface area contributed by atoms with Crippen LogP contribution in [0.3, 0.4) is 0 Å². The molecule has 0 aliphatic carbocycles. The fourth-order valence-electron chi connectivity index (χ4n) is 9.07. The molecular weight excluding hydrogens is 729 g/mol. The van der Waals surface area contributed by atoms with Gasteiger partial charge < -0.3 is 4.57 Å². The first kappa shape index (κ1) is 34.0. The van der Waals surface area contributed by atoms with Crippen molar-refractivity contribution in [3.05, 3.63) is 218 Å². The van der Waals surface area contributed by atoms with Gasteiger partial charge in [0.05, 0.1) is 33.3 Å². The monoisotopic (exact) mass is 764 g/mol. The van der Waals surface area contributed by atoms with E-state index < -0.39 is 0 Å². The largest absolute Gasteiger partial charge is 0.309 e. The first-order valence-electron chi connectivity index (χ1n) is 20.4. The van der Waals surface area contributed by atoms with Gasteiger partial charge in [-0.2, -0.15) is 0 Å². The molecule has 0 unspecified atom stereocenters. The van der Waals surface area contributed by atoms with Crippen LogP contribution in [-0.2, 0) is 0 Å². The highest BCUT2D eigenvalue weighted by Gasteiger charge is 2.20. The number of hydrogen-bond acceptors (Lipinski definition) is 2. The molecule has 4 nitrogen and oxygen atoms in total. The lowest BCUT2D eigenvalue weighted by Crippen LogP contribution is -2.03. The average Bonchev–Trinajstić information content (AvgIpc) is 3.84. The van der Waals surface area contributed by atoms with Crippen molar-refractivity contribution in [2.45, 2.75) is 0 Å². The van der Waals surface area contributed by atoms with Crippen LogP contribution in [-0.4, -0.2) is 19.1 Å². The van der Waals surface area contributed by atoms with E-state index in [-0.39, 0.29) is 0 Å². The topological polar surface area (TPSA) is 35.6 Å². The first-order chi connectivity index (χ1) is 29.7. The minimum atomic E-state index is 0.643. The minimum Gasteiger partial charge on any atom is -0.309 e. The van der Waals surface area contributed by atoms with Crippen molar-refractivity contribution in [2.75, 3.05) is 0 Å². The van der Waals surface area contributed by atoms with Crippen LogP contribution >= 0.6 is 0 Å². The smallest absolute Gasteiger partial charge is 0.235 e. The van der Waals surface area contributed by atoms with Gasteiger partial charge in [-0.05, 0) is 88.0 Å². The van der Waals surface area contributed by atoms with E-state index in [2.05, 4.69) is 228 Å². The Balaban J connectivity index is 1.06. The van der Waals surface area contributed by atoms with Crippen LogP contribution in [0.1, 0.15) is 0 Å². The normalized spacial score (nSPS) is 11.7. The van der Waals surface area contributed by atoms with E-state index >= 15 is 0 Å². The molecule has 0 aliphatic rings. The van der Waals surface area contributed by atoms with E-state index in [0.717, 1.165) is 60.8 Å². The van der Waals surface area contributed by atoms with E-state index in [1.165, 1.54) is 44.1 Å². The Labute approximate surface area is 346 Å². The Morgan fingerprint density at radius 1 is 0.267 bits per heavy atom. The van der Waals surface area contributed by atoms with Gasteiger partial charge in [-0.1, -0.05) is 164 Å². The number of nitrogens with zero attached hydrogens (tertiary/aromatic N) is 4. The van der Waals surface area contributed by atoms with Gasteiger partial charge in [0.15, 0.2) is 0 Å². The fraction of sp³-hybridized carbons (Fsp3) is 0. The molecule has 0 N–H and O–H groups in total. The quantitative estimate of drug-likeness (QED) is 0.169. The predicted molar refractivity (Wildman–Crippen MR) is 250 cm³/mol. The Morgan fingerprint density at radius 2 is 0.733 bits per heavy atom. The summed E-state index contributed by atoms with van der Waals surface area (Å²) in [6.07, 6.45) is 0. The average molecular weight is 765 g/mol. The number of aromatic nitrogens is 4. The summed E-state index contributed by atoms with van der Waals surface area (Å²) in [6, 6.07) is 78.0. The molecule has 0 saturated carbocycles. The summed E-state index contributed by atoms with van der Waals surface area (Å²) in [5.41, 5.74) is 15.5. The summed E-state index contributed by atoms with van der Waals surface area (Å²) in [7, 11) is 0. The number of benzene rings is 9. The molecule has 9 aromatic carbocycles. The van der Waals surface area contributed by atoms with Gasteiger partial charge in [0, 0.05) is 38.2 Å². The van der Waals surface area contributed by atoms with Crippen LogP contribution in [0, 0.1) is 0 Å². The van der Waals surface area contributed by atoms with E-state index in [9.17, 15) is 0 Å². The Morgan fingerprint density at radius 3 is 1.43 bits per heavy atom. The summed E-state index contributed by atoms with van der Waals surface area (Å²) < 4.78 is 4.62. The van der Waals surface area contributed by atoms with Gasteiger partial charge in [0.1, 0.15) is 0 Å². The maximum absolute atomic E-state index is 5.44. The minimum absolute atomic E-state index is 0.643. The molecule has 12 rings (SSSR count). The summed E-state index contributed by atoms with van der Waals surface area (Å²) in [5.74, 6) is 0.643. The first-order valence-corrected chi connectivity index (χ1v) is 20.4. The summed E-state index contributed by atoms with van der Waals surface area (Å²) in [6.45, 7) is 0. The molecule has 0 amide bonds. The molecule has 0 saturated heterocycles. The molecule has 0 fully saturated rings. The van der Waals surface area contributed by atoms with Gasteiger partial charge in [-0.25, -0.2) is 9.97 Å². The standard InChI is InChI=1S/C56H36N4/c1-4-14-37(15-5-1)39-24-26-40(27-25-39)55-47-21-10-12-22-50(47)57-56(58-55)60-53-33-30-42(35-49(53)46-31-28-43(36-54(46)60)38-16-6-2-7-17-38)41-29-32-52-48(34-41)45-20-11-13-23-51(45)59(52)44-18-8-3-9-19-44/h1-36H. The van der Waals surface area contributed by atoms with Crippen molar-refractivity contribution in [1.29, 1.82) is 0 Å². The van der Waals surface area contributed by atoms with Gasteiger partial charge >= 0.3 is 0 Å². The molecule has 280 valence electrons. The number of rotatable bonds is 6. The lowest BCUT2D eigenvalue weighted by molar-refractivity contribution is 1.01. The second-order valence-corrected chi connectivity index (χ2v) is 15.4. The van der Waals surface area contributed by atoms with Crippen LogP contribution < -0.4 is 0 Å². The van der Waals surface area contributed by atoms with Crippen molar-refractivity contribution >= 4 is 54.5 Å². The zero-order valence-electron chi connectivity index (χ0n) is 32.6. The Hall–Kier alpha value is -8.08. The van der Waals surface area contributed by atoms with Crippen LogP contribution in [0.25, 0.3) is 111 Å². The van der Waals surface area contributed by atoms with Gasteiger partial charge in [-0.15, -0.1) is 0 Å². The van der Waals surface area contributed by atoms with E-state index in [0.29, 0.717) is 5.95 Å². The molecule has 0 atom stereocenters. The molecule has 12 aromatic rings. The number of hydrogen-bond donors (Lipinski definition) is 0. The van der Waals surface area contributed by atoms with Crippen LogP contribution in [0.4, 0.5) is 0 Å². The lowest BCUT2D eigenvalue weighted by Gasteiger charge is -2.13. The highest BCUT2D eigenvalue weighted by Crippen LogP contribution is 2.40. The van der Waals surface area contributed by atoms with E-state index in [1.54, 1.807) is 0 Å².